The van der Waals surface area contributed by atoms with Gasteiger partial charge in [-0.2, -0.15) is 0 Å². The smallest absolute Gasteiger partial charge is 0.410 e. The minimum atomic E-state index is -0.449. The number of ether oxygens (including phenoxy) is 1. The van der Waals surface area contributed by atoms with Gasteiger partial charge in [0.2, 0.25) is 0 Å². The molecule has 1 saturated heterocycles. The molecule has 118 valence electrons. The fraction of sp³-hybridized carbons (Fsp3) is 0.643. The molecule has 0 spiro atoms. The summed E-state index contributed by atoms with van der Waals surface area (Å²) in [5.41, 5.74) is -0.449. The maximum absolute atomic E-state index is 12.0. The van der Waals surface area contributed by atoms with Gasteiger partial charge in [0.05, 0.1) is 11.0 Å². The number of nitrogens with zero attached hydrogens (tertiary/aromatic N) is 1. The Kier molecular flexibility index (Phi) is 5.38. The zero-order valence-corrected chi connectivity index (χ0v) is 15.6. The summed E-state index contributed by atoms with van der Waals surface area (Å²) >= 11 is 6.70. The lowest BCUT2D eigenvalue weighted by Gasteiger charge is -2.24. The summed E-state index contributed by atoms with van der Waals surface area (Å²) in [7, 11) is 0. The van der Waals surface area contributed by atoms with Gasteiger partial charge in [0, 0.05) is 19.1 Å². The van der Waals surface area contributed by atoms with Crippen molar-refractivity contribution in [1.29, 1.82) is 0 Å². The molecule has 0 radical (unpaired) electrons. The van der Waals surface area contributed by atoms with Crippen molar-refractivity contribution in [3.63, 3.8) is 0 Å². The summed E-state index contributed by atoms with van der Waals surface area (Å²) in [6.45, 7) is 7.66. The molecule has 1 amide bonds. The lowest BCUT2D eigenvalue weighted by Crippen LogP contribution is -2.38. The van der Waals surface area contributed by atoms with Crippen LogP contribution in [0.4, 0.5) is 4.79 Å². The SMILES string of the molecule is CC(C)(C)OC(=O)N1CCC(NCc2cc(Br)c(Br)o2)C1. The zero-order chi connectivity index (χ0) is 15.6. The number of amides is 1. The zero-order valence-electron chi connectivity index (χ0n) is 12.4. The van der Waals surface area contributed by atoms with Crippen LogP contribution in [0.15, 0.2) is 19.6 Å². The van der Waals surface area contributed by atoms with E-state index in [1.54, 1.807) is 4.90 Å². The second-order valence-corrected chi connectivity index (χ2v) is 7.70. The lowest BCUT2D eigenvalue weighted by molar-refractivity contribution is 0.0291. The first-order valence-electron chi connectivity index (χ1n) is 6.89. The van der Waals surface area contributed by atoms with E-state index in [-0.39, 0.29) is 12.1 Å². The van der Waals surface area contributed by atoms with Crippen molar-refractivity contribution in [1.82, 2.24) is 10.2 Å². The van der Waals surface area contributed by atoms with Crippen molar-refractivity contribution in [2.75, 3.05) is 13.1 Å². The van der Waals surface area contributed by atoms with Gasteiger partial charge >= 0.3 is 6.09 Å². The fourth-order valence-electron chi connectivity index (χ4n) is 2.14. The molecule has 1 aromatic heterocycles. The van der Waals surface area contributed by atoms with E-state index < -0.39 is 5.60 Å². The second kappa shape index (κ2) is 6.71. The number of furan rings is 1. The summed E-state index contributed by atoms with van der Waals surface area (Å²) in [4.78, 5) is 13.7. The molecule has 2 heterocycles. The van der Waals surface area contributed by atoms with Crippen molar-refractivity contribution in [3.8, 4) is 0 Å². The van der Waals surface area contributed by atoms with E-state index in [1.165, 1.54) is 0 Å². The first-order valence-corrected chi connectivity index (χ1v) is 8.48. The van der Waals surface area contributed by atoms with Crippen LogP contribution in [0.3, 0.4) is 0 Å². The van der Waals surface area contributed by atoms with Crippen LogP contribution in [0.25, 0.3) is 0 Å². The topological polar surface area (TPSA) is 54.7 Å². The highest BCUT2D eigenvalue weighted by Crippen LogP contribution is 2.26. The van der Waals surface area contributed by atoms with Crippen LogP contribution in [0.2, 0.25) is 0 Å². The molecule has 1 fully saturated rings. The molecular formula is C14H20Br2N2O3. The standard InChI is InChI=1S/C14H20Br2N2O3/c1-14(2,3)21-13(19)18-5-4-9(8-18)17-7-10-6-11(15)12(16)20-10/h6,9,17H,4-5,7-8H2,1-3H3. The summed E-state index contributed by atoms with van der Waals surface area (Å²) in [6, 6.07) is 2.19. The minimum Gasteiger partial charge on any atom is -0.452 e. The van der Waals surface area contributed by atoms with E-state index in [9.17, 15) is 4.79 Å². The Balaban J connectivity index is 1.79. The lowest BCUT2D eigenvalue weighted by atomic mass is 10.2. The molecule has 1 aromatic rings. The quantitative estimate of drug-likeness (QED) is 0.800. The first-order chi connectivity index (χ1) is 9.74. The summed E-state index contributed by atoms with van der Waals surface area (Å²) < 4.78 is 12.5. The van der Waals surface area contributed by atoms with Gasteiger partial charge in [0.15, 0.2) is 4.67 Å². The van der Waals surface area contributed by atoms with E-state index in [0.717, 1.165) is 23.2 Å². The van der Waals surface area contributed by atoms with Crippen LogP contribution < -0.4 is 5.32 Å². The van der Waals surface area contributed by atoms with Crippen molar-refractivity contribution < 1.29 is 13.9 Å². The number of nitrogens with one attached hydrogen (secondary N) is 1. The van der Waals surface area contributed by atoms with E-state index in [0.29, 0.717) is 17.8 Å². The Morgan fingerprint density at radius 3 is 2.81 bits per heavy atom. The molecule has 0 saturated carbocycles. The third-order valence-corrected chi connectivity index (χ3v) is 4.81. The van der Waals surface area contributed by atoms with Crippen molar-refractivity contribution in [2.24, 2.45) is 0 Å². The fourth-order valence-corrected chi connectivity index (χ4v) is 2.80. The average molecular weight is 424 g/mol. The van der Waals surface area contributed by atoms with Crippen LogP contribution in [-0.2, 0) is 11.3 Å². The molecule has 5 nitrogen and oxygen atoms in total. The third-order valence-electron chi connectivity index (χ3n) is 3.10. The van der Waals surface area contributed by atoms with Crippen LogP contribution in [0, 0.1) is 0 Å². The molecule has 7 heteroatoms. The Hall–Kier alpha value is -0.530. The number of hydrogen-bond acceptors (Lipinski definition) is 4. The molecule has 1 atom stereocenters. The molecular weight excluding hydrogens is 404 g/mol. The average Bonchev–Trinajstić information content (AvgIpc) is 2.93. The highest BCUT2D eigenvalue weighted by molar-refractivity contribution is 9.13. The monoisotopic (exact) mass is 422 g/mol. The summed E-state index contributed by atoms with van der Waals surface area (Å²) in [5.74, 6) is 0.851. The molecule has 1 unspecified atom stereocenters. The molecule has 0 aliphatic carbocycles. The van der Waals surface area contributed by atoms with Gasteiger partial charge in [-0.05, 0) is 65.1 Å². The first kappa shape index (κ1) is 16.8. The second-order valence-electron chi connectivity index (χ2n) is 6.13. The molecule has 0 bridgehead atoms. The predicted molar refractivity (Wildman–Crippen MR) is 87.2 cm³/mol. The normalized spacial score (nSPS) is 19.1. The van der Waals surface area contributed by atoms with Gasteiger partial charge in [0.25, 0.3) is 0 Å². The number of rotatable bonds is 3. The van der Waals surface area contributed by atoms with Gasteiger partial charge < -0.3 is 19.4 Å². The van der Waals surface area contributed by atoms with Gasteiger partial charge in [-0.15, -0.1) is 0 Å². The van der Waals surface area contributed by atoms with Crippen LogP contribution in [0.5, 0.6) is 0 Å². The van der Waals surface area contributed by atoms with Gasteiger partial charge in [-0.1, -0.05) is 0 Å². The van der Waals surface area contributed by atoms with E-state index in [1.807, 2.05) is 26.8 Å². The van der Waals surface area contributed by atoms with Crippen LogP contribution >= 0.6 is 31.9 Å². The number of likely N-dealkylation sites (tertiary alicyclic amines) is 1. The number of halogens is 2. The Bertz CT molecular complexity index is 491. The highest BCUT2D eigenvalue weighted by Gasteiger charge is 2.29. The largest absolute Gasteiger partial charge is 0.452 e. The van der Waals surface area contributed by atoms with Gasteiger partial charge in [-0.3, -0.25) is 0 Å². The molecule has 1 N–H and O–H groups in total. The van der Waals surface area contributed by atoms with Gasteiger partial charge in [0.1, 0.15) is 11.4 Å². The molecule has 2 rings (SSSR count). The predicted octanol–water partition coefficient (Wildman–Crippen LogP) is 3.90. The Morgan fingerprint density at radius 2 is 2.24 bits per heavy atom. The van der Waals surface area contributed by atoms with Crippen molar-refractivity contribution in [3.05, 3.63) is 21.0 Å². The maximum atomic E-state index is 12.0. The van der Waals surface area contributed by atoms with Crippen LogP contribution in [0.1, 0.15) is 33.0 Å². The van der Waals surface area contributed by atoms with Crippen molar-refractivity contribution in [2.45, 2.75) is 45.4 Å². The third kappa shape index (κ3) is 5.00. The maximum Gasteiger partial charge on any atom is 0.410 e. The Labute approximate surface area is 141 Å². The number of hydrogen-bond donors (Lipinski definition) is 1. The van der Waals surface area contributed by atoms with E-state index in [4.69, 9.17) is 9.15 Å². The van der Waals surface area contributed by atoms with Crippen LogP contribution in [-0.4, -0.2) is 35.7 Å². The molecule has 1 aliphatic rings. The van der Waals surface area contributed by atoms with Crippen molar-refractivity contribution >= 4 is 38.0 Å². The Morgan fingerprint density at radius 1 is 1.52 bits per heavy atom. The molecule has 21 heavy (non-hydrogen) atoms. The molecule has 1 aliphatic heterocycles. The van der Waals surface area contributed by atoms with E-state index >= 15 is 0 Å². The summed E-state index contributed by atoms with van der Waals surface area (Å²) in [5, 5.41) is 3.40. The highest BCUT2D eigenvalue weighted by atomic mass is 79.9. The number of carbonyl (C=O) groups excluding carboxylic acids is 1. The minimum absolute atomic E-state index is 0.240. The van der Waals surface area contributed by atoms with Gasteiger partial charge in [-0.25, -0.2) is 4.79 Å². The van der Waals surface area contributed by atoms with E-state index in [2.05, 4.69) is 37.2 Å². The number of carbonyl (C=O) groups is 1. The summed E-state index contributed by atoms with van der Waals surface area (Å²) in [6.07, 6.45) is 0.678. The molecule has 0 aromatic carbocycles.